The molecule has 1 aromatic rings. The quantitative estimate of drug-likeness (QED) is 0.789. The topological polar surface area (TPSA) is 23.6 Å². The van der Waals surface area contributed by atoms with Gasteiger partial charge in [-0.15, -0.1) is 11.3 Å². The van der Waals surface area contributed by atoms with E-state index in [2.05, 4.69) is 15.9 Å². The van der Waals surface area contributed by atoms with Gasteiger partial charge in [-0.1, -0.05) is 11.6 Å². The first kappa shape index (κ1) is 16.6. The molecule has 1 aliphatic heterocycles. The van der Waals surface area contributed by atoms with Gasteiger partial charge < -0.3 is 4.90 Å². The molecule has 6 rings (SSSR count). The lowest BCUT2D eigenvalue weighted by atomic mass is 9.51. The Labute approximate surface area is 159 Å². The SMILES string of the molecule is O=C(C1C2CC3CC(C2)CC1C3)N1CCN(Cc2ccc(Cl)s2)CC1. The van der Waals surface area contributed by atoms with Crippen molar-refractivity contribution in [3.63, 3.8) is 0 Å². The van der Waals surface area contributed by atoms with Gasteiger partial charge in [0.15, 0.2) is 0 Å². The molecule has 0 aromatic carbocycles. The second-order valence-corrected chi connectivity index (χ2v) is 10.6. The number of halogens is 1. The van der Waals surface area contributed by atoms with E-state index in [9.17, 15) is 4.79 Å². The molecule has 25 heavy (non-hydrogen) atoms. The Hall–Kier alpha value is -0.580. The van der Waals surface area contributed by atoms with E-state index in [4.69, 9.17) is 11.6 Å². The van der Waals surface area contributed by atoms with Crippen LogP contribution in [0.1, 0.15) is 37.0 Å². The van der Waals surface area contributed by atoms with E-state index in [1.165, 1.54) is 37.0 Å². The van der Waals surface area contributed by atoms with Crippen LogP contribution in [0, 0.1) is 29.6 Å². The van der Waals surface area contributed by atoms with Gasteiger partial charge >= 0.3 is 0 Å². The van der Waals surface area contributed by atoms with Crippen molar-refractivity contribution < 1.29 is 4.79 Å². The van der Waals surface area contributed by atoms with Crippen molar-refractivity contribution in [2.24, 2.45) is 29.6 Å². The maximum Gasteiger partial charge on any atom is 0.226 e. The maximum absolute atomic E-state index is 13.2. The van der Waals surface area contributed by atoms with Crippen LogP contribution < -0.4 is 0 Å². The molecular formula is C20H27ClN2OS. The lowest BCUT2D eigenvalue weighted by molar-refractivity contribution is -0.150. The van der Waals surface area contributed by atoms with Gasteiger partial charge in [-0.05, 0) is 67.9 Å². The number of amides is 1. The summed E-state index contributed by atoms with van der Waals surface area (Å²) >= 11 is 7.71. The highest BCUT2D eigenvalue weighted by Gasteiger charge is 2.51. The summed E-state index contributed by atoms with van der Waals surface area (Å²) in [6.07, 6.45) is 6.80. The highest BCUT2D eigenvalue weighted by atomic mass is 35.5. The molecule has 5 aliphatic rings. The van der Waals surface area contributed by atoms with E-state index in [-0.39, 0.29) is 0 Å². The molecule has 1 aromatic heterocycles. The summed E-state index contributed by atoms with van der Waals surface area (Å²) < 4.78 is 0.866. The van der Waals surface area contributed by atoms with Crippen molar-refractivity contribution in [1.29, 1.82) is 0 Å². The summed E-state index contributed by atoms with van der Waals surface area (Å²) in [5, 5.41) is 0. The fourth-order valence-electron chi connectivity index (χ4n) is 6.32. The number of piperazine rings is 1. The normalized spacial score (nSPS) is 37.6. The van der Waals surface area contributed by atoms with Crippen molar-refractivity contribution in [2.45, 2.75) is 38.6 Å². The van der Waals surface area contributed by atoms with Crippen LogP contribution in [-0.2, 0) is 11.3 Å². The van der Waals surface area contributed by atoms with Gasteiger partial charge in [0.25, 0.3) is 0 Å². The molecular weight excluding hydrogens is 352 g/mol. The molecule has 1 amide bonds. The third-order valence-electron chi connectivity index (χ3n) is 7.20. The van der Waals surface area contributed by atoms with E-state index in [0.717, 1.165) is 48.9 Å². The van der Waals surface area contributed by atoms with E-state index in [1.807, 2.05) is 6.07 Å². The van der Waals surface area contributed by atoms with E-state index in [1.54, 1.807) is 11.3 Å². The van der Waals surface area contributed by atoms with Crippen LogP contribution in [0.3, 0.4) is 0 Å². The van der Waals surface area contributed by atoms with Crippen LogP contribution in [0.2, 0.25) is 4.34 Å². The molecule has 0 N–H and O–H groups in total. The Morgan fingerprint density at radius 3 is 2.20 bits per heavy atom. The van der Waals surface area contributed by atoms with Crippen LogP contribution in [0.25, 0.3) is 0 Å². The molecule has 5 fully saturated rings. The molecule has 4 bridgehead atoms. The maximum atomic E-state index is 13.2. The molecule has 4 saturated carbocycles. The summed E-state index contributed by atoms with van der Waals surface area (Å²) in [5.74, 6) is 4.15. The van der Waals surface area contributed by atoms with Crippen molar-refractivity contribution >= 4 is 28.8 Å². The molecule has 3 nitrogen and oxygen atoms in total. The third kappa shape index (κ3) is 3.15. The largest absolute Gasteiger partial charge is 0.340 e. The zero-order chi connectivity index (χ0) is 17.0. The third-order valence-corrected chi connectivity index (χ3v) is 8.42. The van der Waals surface area contributed by atoms with Crippen LogP contribution >= 0.6 is 22.9 Å². The highest BCUT2D eigenvalue weighted by Crippen LogP contribution is 2.56. The molecule has 136 valence electrons. The predicted molar refractivity (Wildman–Crippen MR) is 102 cm³/mol. The Morgan fingerprint density at radius 2 is 1.64 bits per heavy atom. The summed E-state index contributed by atoms with van der Waals surface area (Å²) in [4.78, 5) is 19.2. The fraction of sp³-hybridized carbons (Fsp3) is 0.750. The summed E-state index contributed by atoms with van der Waals surface area (Å²) in [7, 11) is 0. The van der Waals surface area contributed by atoms with Crippen molar-refractivity contribution in [2.75, 3.05) is 26.2 Å². The minimum atomic E-state index is 0.357. The van der Waals surface area contributed by atoms with Crippen molar-refractivity contribution in [1.82, 2.24) is 9.80 Å². The molecule has 0 radical (unpaired) electrons. The summed E-state index contributed by atoms with van der Waals surface area (Å²) in [5.41, 5.74) is 0. The first-order valence-electron chi connectivity index (χ1n) is 9.91. The first-order valence-corrected chi connectivity index (χ1v) is 11.1. The lowest BCUT2D eigenvalue weighted by Crippen LogP contribution is -2.55. The molecule has 0 atom stereocenters. The van der Waals surface area contributed by atoms with E-state index in [0.29, 0.717) is 23.7 Å². The van der Waals surface area contributed by atoms with Gasteiger partial charge in [-0.2, -0.15) is 0 Å². The zero-order valence-corrected chi connectivity index (χ0v) is 16.3. The molecule has 1 saturated heterocycles. The van der Waals surface area contributed by atoms with Gasteiger partial charge in [0.2, 0.25) is 5.91 Å². The van der Waals surface area contributed by atoms with Crippen LogP contribution in [0.5, 0.6) is 0 Å². The van der Waals surface area contributed by atoms with E-state index < -0.39 is 0 Å². The molecule has 2 heterocycles. The number of carbonyl (C=O) groups is 1. The van der Waals surface area contributed by atoms with Gasteiger partial charge in [0, 0.05) is 43.5 Å². The first-order chi connectivity index (χ1) is 12.2. The number of hydrogen-bond donors (Lipinski definition) is 0. The average molecular weight is 379 g/mol. The fourth-order valence-corrected chi connectivity index (χ4v) is 7.45. The van der Waals surface area contributed by atoms with Gasteiger partial charge in [0.1, 0.15) is 0 Å². The zero-order valence-electron chi connectivity index (χ0n) is 14.7. The molecule has 0 spiro atoms. The minimum absolute atomic E-state index is 0.357. The number of nitrogens with zero attached hydrogens (tertiary/aromatic N) is 2. The van der Waals surface area contributed by atoms with Crippen LogP contribution in [-0.4, -0.2) is 41.9 Å². The monoisotopic (exact) mass is 378 g/mol. The lowest BCUT2D eigenvalue weighted by Gasteiger charge is -2.54. The second kappa shape index (κ2) is 6.54. The molecule has 5 heteroatoms. The number of thiophene rings is 1. The standard InChI is InChI=1S/C20H27ClN2OS/c21-18-2-1-17(25-18)12-22-3-5-23(6-4-22)20(24)19-15-8-13-7-14(10-15)11-16(19)9-13/h1-2,13-16,19H,3-12H2. The predicted octanol–water partition coefficient (Wildman–Crippen LogP) is 4.12. The van der Waals surface area contributed by atoms with Crippen molar-refractivity contribution in [3.05, 3.63) is 21.3 Å². The van der Waals surface area contributed by atoms with Gasteiger partial charge in [0.05, 0.1) is 4.34 Å². The molecule has 4 aliphatic carbocycles. The Kier molecular flexibility index (Phi) is 4.34. The minimum Gasteiger partial charge on any atom is -0.340 e. The highest BCUT2D eigenvalue weighted by molar-refractivity contribution is 7.16. The van der Waals surface area contributed by atoms with Crippen LogP contribution in [0.15, 0.2) is 12.1 Å². The Morgan fingerprint density at radius 1 is 1.00 bits per heavy atom. The van der Waals surface area contributed by atoms with E-state index >= 15 is 0 Å². The average Bonchev–Trinajstić information content (AvgIpc) is 2.99. The van der Waals surface area contributed by atoms with Crippen LogP contribution in [0.4, 0.5) is 0 Å². The van der Waals surface area contributed by atoms with Crippen molar-refractivity contribution in [3.8, 4) is 0 Å². The van der Waals surface area contributed by atoms with Gasteiger partial charge in [-0.3, -0.25) is 9.69 Å². The van der Waals surface area contributed by atoms with Gasteiger partial charge in [-0.25, -0.2) is 0 Å². The Balaban J connectivity index is 1.19. The number of hydrogen-bond acceptors (Lipinski definition) is 3. The summed E-state index contributed by atoms with van der Waals surface area (Å²) in [6.45, 7) is 4.77. The smallest absolute Gasteiger partial charge is 0.226 e. The number of rotatable bonds is 3. The second-order valence-electron chi connectivity index (χ2n) is 8.76. The summed E-state index contributed by atoms with van der Waals surface area (Å²) in [6, 6.07) is 4.10. The Bertz CT molecular complexity index is 624. The number of carbonyl (C=O) groups excluding carboxylic acids is 1. The molecule has 0 unspecified atom stereocenters.